The molecule has 0 saturated carbocycles. The molecule has 1 atom stereocenters. The van der Waals surface area contributed by atoms with Gasteiger partial charge in [0.25, 0.3) is 5.91 Å². The molecule has 8 heteroatoms. The molecule has 1 N–H and O–H groups in total. The first-order valence-corrected chi connectivity index (χ1v) is 8.27. The number of imidazole rings is 1. The lowest BCUT2D eigenvalue weighted by atomic mass is 9.99. The number of carbonyl (C=O) groups excluding carboxylic acids is 2. The van der Waals surface area contributed by atoms with E-state index in [1.54, 1.807) is 25.1 Å². The molecule has 1 saturated heterocycles. The topological polar surface area (TPSA) is 80.4 Å². The van der Waals surface area contributed by atoms with Crippen molar-refractivity contribution in [1.29, 1.82) is 0 Å². The number of aromatic nitrogens is 2. The summed E-state index contributed by atoms with van der Waals surface area (Å²) in [5.74, 6) is 0.0771. The molecule has 134 valence electrons. The van der Waals surface area contributed by atoms with E-state index in [1.165, 1.54) is 18.4 Å². The number of aryl methyl sites for hydroxylation is 1. The van der Waals surface area contributed by atoms with Gasteiger partial charge in [-0.1, -0.05) is 0 Å². The van der Waals surface area contributed by atoms with Crippen LogP contribution in [0, 0.1) is 5.82 Å². The van der Waals surface area contributed by atoms with Crippen molar-refractivity contribution in [3.63, 3.8) is 0 Å². The number of furan rings is 1. The van der Waals surface area contributed by atoms with E-state index in [9.17, 15) is 14.0 Å². The highest BCUT2D eigenvalue weighted by Gasteiger charge is 2.51. The molecule has 0 aliphatic carbocycles. The molecule has 3 heterocycles. The molecule has 26 heavy (non-hydrogen) atoms. The molecule has 1 unspecified atom stereocenters. The van der Waals surface area contributed by atoms with Crippen molar-refractivity contribution in [2.75, 3.05) is 0 Å². The Morgan fingerprint density at radius 2 is 2.12 bits per heavy atom. The summed E-state index contributed by atoms with van der Waals surface area (Å²) in [6, 6.07) is 7.13. The summed E-state index contributed by atoms with van der Waals surface area (Å²) in [7, 11) is 0. The van der Waals surface area contributed by atoms with E-state index in [2.05, 4.69) is 10.3 Å². The number of urea groups is 1. The lowest BCUT2D eigenvalue weighted by Gasteiger charge is -2.19. The number of hydrogen-bond donors (Lipinski definition) is 1. The number of carbonyl (C=O) groups is 2. The van der Waals surface area contributed by atoms with Crippen molar-refractivity contribution in [2.45, 2.75) is 32.5 Å². The van der Waals surface area contributed by atoms with Crippen molar-refractivity contribution in [1.82, 2.24) is 19.8 Å². The molecule has 7 nitrogen and oxygen atoms in total. The van der Waals surface area contributed by atoms with E-state index >= 15 is 0 Å². The number of nitrogens with zero attached hydrogens (tertiary/aromatic N) is 3. The molecule has 0 radical (unpaired) electrons. The normalized spacial score (nSPS) is 20.2. The molecule has 2 aromatic heterocycles. The van der Waals surface area contributed by atoms with Crippen LogP contribution in [0.3, 0.4) is 0 Å². The lowest BCUT2D eigenvalue weighted by molar-refractivity contribution is -0.132. The van der Waals surface area contributed by atoms with Crippen LogP contribution in [0.1, 0.15) is 25.4 Å². The first-order chi connectivity index (χ1) is 12.4. The molecule has 3 aromatic rings. The third kappa shape index (κ3) is 2.29. The molecule has 0 spiro atoms. The summed E-state index contributed by atoms with van der Waals surface area (Å²) < 4.78 is 20.7. The lowest BCUT2D eigenvalue weighted by Crippen LogP contribution is -2.40. The van der Waals surface area contributed by atoms with E-state index in [4.69, 9.17) is 4.42 Å². The standard InChI is InChI=1S/C18H17FN4O3/c1-3-22-13-7-6-11(19)9-12(13)20-15(22)10-23-16(24)18(2,21-17(23)25)14-5-4-8-26-14/h4-9H,3,10H2,1-2H3,(H,21,25). The summed E-state index contributed by atoms with van der Waals surface area (Å²) in [5, 5.41) is 2.68. The summed E-state index contributed by atoms with van der Waals surface area (Å²) >= 11 is 0. The highest BCUT2D eigenvalue weighted by molar-refractivity contribution is 6.06. The highest BCUT2D eigenvalue weighted by atomic mass is 19.1. The molecule has 1 fully saturated rings. The maximum Gasteiger partial charge on any atom is 0.325 e. The Morgan fingerprint density at radius 3 is 2.81 bits per heavy atom. The third-order valence-electron chi connectivity index (χ3n) is 4.69. The molecular weight excluding hydrogens is 339 g/mol. The quantitative estimate of drug-likeness (QED) is 0.729. The Hall–Kier alpha value is -3.16. The molecule has 1 aliphatic rings. The summed E-state index contributed by atoms with van der Waals surface area (Å²) in [4.78, 5) is 30.8. The predicted molar refractivity (Wildman–Crippen MR) is 90.5 cm³/mol. The monoisotopic (exact) mass is 356 g/mol. The third-order valence-corrected chi connectivity index (χ3v) is 4.69. The first-order valence-electron chi connectivity index (χ1n) is 8.27. The fourth-order valence-electron chi connectivity index (χ4n) is 3.34. The van der Waals surface area contributed by atoms with Gasteiger partial charge in [0.2, 0.25) is 0 Å². The number of benzene rings is 1. The number of nitrogens with one attached hydrogen (secondary N) is 1. The molecule has 4 rings (SSSR count). The maximum atomic E-state index is 13.5. The van der Waals surface area contributed by atoms with Gasteiger partial charge >= 0.3 is 6.03 Å². The predicted octanol–water partition coefficient (Wildman–Crippen LogP) is 2.76. The van der Waals surface area contributed by atoms with Crippen LogP contribution in [0.5, 0.6) is 0 Å². The van der Waals surface area contributed by atoms with Gasteiger partial charge in [0, 0.05) is 12.6 Å². The van der Waals surface area contributed by atoms with Gasteiger partial charge in [-0.25, -0.2) is 14.2 Å². The van der Waals surface area contributed by atoms with E-state index in [0.717, 1.165) is 10.4 Å². The molecule has 0 bridgehead atoms. The number of halogens is 1. The van der Waals surface area contributed by atoms with Crippen LogP contribution in [-0.2, 0) is 23.4 Å². The van der Waals surface area contributed by atoms with E-state index in [1.807, 2.05) is 11.5 Å². The van der Waals surface area contributed by atoms with Gasteiger partial charge in [-0.15, -0.1) is 0 Å². The minimum absolute atomic E-state index is 0.00883. The van der Waals surface area contributed by atoms with Gasteiger partial charge in [0.1, 0.15) is 17.4 Å². The zero-order valence-electron chi connectivity index (χ0n) is 14.3. The second-order valence-electron chi connectivity index (χ2n) is 6.33. The zero-order valence-corrected chi connectivity index (χ0v) is 14.3. The number of rotatable bonds is 4. The smallest absolute Gasteiger partial charge is 0.325 e. The van der Waals surface area contributed by atoms with Crippen molar-refractivity contribution in [3.05, 3.63) is 54.0 Å². The summed E-state index contributed by atoms with van der Waals surface area (Å²) in [6.45, 7) is 4.10. The molecule has 3 amide bonds. The molecule has 1 aliphatic heterocycles. The van der Waals surface area contributed by atoms with E-state index in [-0.39, 0.29) is 12.4 Å². The van der Waals surface area contributed by atoms with Crippen LogP contribution in [-0.4, -0.2) is 26.4 Å². The van der Waals surface area contributed by atoms with E-state index in [0.29, 0.717) is 23.6 Å². The van der Waals surface area contributed by atoms with E-state index < -0.39 is 17.5 Å². The zero-order chi connectivity index (χ0) is 18.5. The van der Waals surface area contributed by atoms with Crippen LogP contribution < -0.4 is 5.32 Å². The minimum Gasteiger partial charge on any atom is -0.466 e. The summed E-state index contributed by atoms with van der Waals surface area (Å²) in [5.41, 5.74) is -0.0112. The average Bonchev–Trinajstić information content (AvgIpc) is 3.29. The SMILES string of the molecule is CCn1c(CN2C(=O)NC(C)(c3ccco3)C2=O)nc2cc(F)ccc21. The molecule has 1 aromatic carbocycles. The van der Waals surface area contributed by atoms with Gasteiger partial charge in [-0.3, -0.25) is 9.69 Å². The van der Waals surface area contributed by atoms with Crippen LogP contribution >= 0.6 is 0 Å². The second-order valence-corrected chi connectivity index (χ2v) is 6.33. The van der Waals surface area contributed by atoms with Crippen molar-refractivity contribution < 1.29 is 18.4 Å². The summed E-state index contributed by atoms with van der Waals surface area (Å²) in [6.07, 6.45) is 1.45. The Balaban J connectivity index is 1.70. The number of fused-ring (bicyclic) bond motifs is 1. The van der Waals surface area contributed by atoms with Gasteiger partial charge in [0.15, 0.2) is 5.54 Å². The van der Waals surface area contributed by atoms with Gasteiger partial charge in [-0.2, -0.15) is 0 Å². The number of imide groups is 1. The Bertz CT molecular complexity index is 1010. The van der Waals surface area contributed by atoms with Crippen LogP contribution in [0.25, 0.3) is 11.0 Å². The fraction of sp³-hybridized carbons (Fsp3) is 0.278. The largest absolute Gasteiger partial charge is 0.466 e. The minimum atomic E-state index is -1.25. The van der Waals surface area contributed by atoms with Gasteiger partial charge in [-0.05, 0) is 38.1 Å². The van der Waals surface area contributed by atoms with Crippen molar-refractivity contribution >= 4 is 23.0 Å². The van der Waals surface area contributed by atoms with Crippen LogP contribution in [0.4, 0.5) is 9.18 Å². The van der Waals surface area contributed by atoms with Gasteiger partial charge < -0.3 is 14.3 Å². The number of amides is 3. The first kappa shape index (κ1) is 16.3. The highest BCUT2D eigenvalue weighted by Crippen LogP contribution is 2.30. The second kappa shape index (κ2) is 5.69. The Morgan fingerprint density at radius 1 is 1.31 bits per heavy atom. The van der Waals surface area contributed by atoms with Crippen LogP contribution in [0.2, 0.25) is 0 Å². The number of hydrogen-bond acceptors (Lipinski definition) is 4. The Labute approximate surface area is 148 Å². The van der Waals surface area contributed by atoms with Crippen molar-refractivity contribution in [3.8, 4) is 0 Å². The Kier molecular flexibility index (Phi) is 3.57. The maximum absolute atomic E-state index is 13.5. The van der Waals surface area contributed by atoms with Crippen molar-refractivity contribution in [2.24, 2.45) is 0 Å². The average molecular weight is 356 g/mol. The fourth-order valence-corrected chi connectivity index (χ4v) is 3.34. The van der Waals surface area contributed by atoms with Crippen LogP contribution in [0.15, 0.2) is 41.0 Å². The van der Waals surface area contributed by atoms with Gasteiger partial charge in [0.05, 0.1) is 23.8 Å². The molecular formula is C18H17FN4O3.